The van der Waals surface area contributed by atoms with Gasteiger partial charge in [0.15, 0.2) is 6.10 Å². The molecule has 2 aromatic carbocycles. The molecule has 2 aromatic heterocycles. The molecule has 3 fully saturated rings. The van der Waals surface area contributed by atoms with Gasteiger partial charge in [-0.05, 0) is 62.5 Å². The number of alkyl halides is 6. The van der Waals surface area contributed by atoms with Crippen molar-refractivity contribution in [2.45, 2.75) is 62.6 Å². The highest BCUT2D eigenvalue weighted by molar-refractivity contribution is 6.01. The molecule has 0 bridgehead atoms. The Kier molecular flexibility index (Phi) is 10.2. The zero-order valence-electron chi connectivity index (χ0n) is 29.2. The van der Waals surface area contributed by atoms with E-state index in [1.54, 1.807) is 10.8 Å². The highest BCUT2D eigenvalue weighted by atomic mass is 19.4. The summed E-state index contributed by atoms with van der Waals surface area (Å²) < 4.78 is 90.6. The van der Waals surface area contributed by atoms with Gasteiger partial charge in [-0.3, -0.25) is 19.2 Å². The number of hydrogen-bond acceptors (Lipinski definition) is 8. The average Bonchev–Trinajstić information content (AvgIpc) is 3.50. The van der Waals surface area contributed by atoms with Crippen LogP contribution in [0.2, 0.25) is 0 Å². The van der Waals surface area contributed by atoms with Crippen LogP contribution in [-0.2, 0) is 28.3 Å². The van der Waals surface area contributed by atoms with E-state index < -0.39 is 59.3 Å². The number of nitrogens with two attached hydrogens (primary N) is 1. The van der Waals surface area contributed by atoms with Gasteiger partial charge in [-0.15, -0.1) is 0 Å². The van der Waals surface area contributed by atoms with Crippen molar-refractivity contribution in [2.75, 3.05) is 58.1 Å². The topological polar surface area (TPSA) is 142 Å². The second-order valence-corrected chi connectivity index (χ2v) is 14.1. The van der Waals surface area contributed by atoms with Gasteiger partial charge in [-0.1, -0.05) is 18.2 Å². The van der Waals surface area contributed by atoms with Crippen molar-refractivity contribution < 1.29 is 40.7 Å². The average molecular weight is 763 g/mol. The molecule has 4 N–H and O–H groups in total. The first-order valence-electron chi connectivity index (χ1n) is 17.9. The van der Waals surface area contributed by atoms with Crippen LogP contribution in [0, 0.1) is 0 Å². The number of benzene rings is 2. The number of pyridine rings is 1. The molecule has 290 valence electrons. The molecule has 2 amide bonds. The lowest BCUT2D eigenvalue weighted by atomic mass is 9.97. The summed E-state index contributed by atoms with van der Waals surface area (Å²) in [7, 11) is 0. The lowest BCUT2D eigenvalue weighted by molar-refractivity contribution is -0.143. The smallest absolute Gasteiger partial charge is 0.418 e. The quantitative estimate of drug-likeness (QED) is 0.189. The van der Waals surface area contributed by atoms with Gasteiger partial charge in [0.2, 0.25) is 0 Å². The van der Waals surface area contributed by atoms with Gasteiger partial charge < -0.3 is 30.6 Å². The summed E-state index contributed by atoms with van der Waals surface area (Å²) in [6, 6.07) is 8.32. The molecule has 1 atom stereocenters. The first-order chi connectivity index (χ1) is 25.7. The van der Waals surface area contributed by atoms with Crippen LogP contribution in [0.15, 0.2) is 47.4 Å². The fourth-order valence-corrected chi connectivity index (χ4v) is 7.96. The van der Waals surface area contributed by atoms with Gasteiger partial charge in [0, 0.05) is 63.2 Å². The number of amides is 2. The van der Waals surface area contributed by atoms with E-state index in [2.05, 4.69) is 20.2 Å². The lowest BCUT2D eigenvalue weighted by Crippen LogP contribution is -2.56. The molecule has 3 saturated heterocycles. The zero-order valence-corrected chi connectivity index (χ0v) is 29.2. The molecule has 54 heavy (non-hydrogen) atoms. The molecule has 0 aliphatic carbocycles. The zero-order chi connectivity index (χ0) is 38.4. The summed E-state index contributed by atoms with van der Waals surface area (Å²) >= 11 is 0. The van der Waals surface area contributed by atoms with Crippen LogP contribution in [0.3, 0.4) is 0 Å². The summed E-state index contributed by atoms with van der Waals surface area (Å²) in [5.74, 6) is -0.716. The number of nitrogens with one attached hydrogen (secondary N) is 2. The molecule has 0 saturated carbocycles. The highest BCUT2D eigenvalue weighted by Crippen LogP contribution is 2.42. The summed E-state index contributed by atoms with van der Waals surface area (Å²) in [6.07, 6.45) is -9.70. The first kappa shape index (κ1) is 37.5. The Balaban J connectivity index is 1.10. The van der Waals surface area contributed by atoms with E-state index in [1.807, 2.05) is 24.3 Å². The number of anilines is 1. The molecule has 3 aliphatic rings. The number of imidazole rings is 1. The largest absolute Gasteiger partial charge is 0.436 e. The van der Waals surface area contributed by atoms with E-state index in [1.165, 1.54) is 9.80 Å². The number of aromatic amines is 1. The predicted octanol–water partition coefficient (Wildman–Crippen LogP) is 4.78. The van der Waals surface area contributed by atoms with Crippen LogP contribution in [0.5, 0.6) is 0 Å². The number of piperazine rings is 1. The van der Waals surface area contributed by atoms with Crippen molar-refractivity contribution in [3.05, 3.63) is 69.8 Å². The Morgan fingerprint density at radius 3 is 2.13 bits per heavy atom. The minimum atomic E-state index is -5.22. The molecule has 7 rings (SSSR count). The van der Waals surface area contributed by atoms with Gasteiger partial charge in [-0.25, -0.2) is 9.59 Å². The van der Waals surface area contributed by atoms with Crippen LogP contribution in [-0.4, -0.2) is 106 Å². The molecular weight excluding hydrogens is 722 g/mol. The maximum absolute atomic E-state index is 14.0. The molecule has 3 aliphatic heterocycles. The Labute approximate surface area is 305 Å². The molecule has 0 radical (unpaired) electrons. The van der Waals surface area contributed by atoms with Gasteiger partial charge in [0.05, 0.1) is 39.6 Å². The summed E-state index contributed by atoms with van der Waals surface area (Å²) in [5.41, 5.74) is 1.58. The van der Waals surface area contributed by atoms with Crippen molar-refractivity contribution >= 4 is 39.6 Å². The fraction of sp³-hybridized carbons (Fsp3) is 0.500. The van der Waals surface area contributed by atoms with Crippen molar-refractivity contribution in [1.82, 2.24) is 34.6 Å². The minimum absolute atomic E-state index is 0.109. The maximum atomic E-state index is 14.0. The normalized spacial score (nSPS) is 19.1. The third-order valence-corrected chi connectivity index (χ3v) is 10.8. The van der Waals surface area contributed by atoms with E-state index in [9.17, 15) is 40.7 Å². The minimum Gasteiger partial charge on any atom is -0.436 e. The van der Waals surface area contributed by atoms with Crippen LogP contribution in [0.25, 0.3) is 21.9 Å². The van der Waals surface area contributed by atoms with Gasteiger partial charge in [0.1, 0.15) is 0 Å². The number of piperidine rings is 2. The number of fused-ring (bicyclic) bond motifs is 3. The number of aromatic nitrogens is 3. The first-order valence-corrected chi connectivity index (χ1v) is 17.9. The van der Waals surface area contributed by atoms with Crippen LogP contribution in [0.4, 0.5) is 36.8 Å². The van der Waals surface area contributed by atoms with Crippen LogP contribution in [0.1, 0.15) is 48.4 Å². The number of likely N-dealkylation sites (tertiary alicyclic amines) is 1. The van der Waals surface area contributed by atoms with Crippen LogP contribution < -0.4 is 16.7 Å². The third-order valence-electron chi connectivity index (χ3n) is 10.8. The Hall–Kier alpha value is -4.84. The SMILES string of the molecule is Nc1c(C(F)(F)F)cc(CC(OC(=O)N2CCC(n3c(=O)[nH]c4c5ccccc5ncc43)CC2)C(=O)N2CCN(C3CCNCC3)CC2)cc1C(F)(F)F. The Morgan fingerprint density at radius 1 is 0.870 bits per heavy atom. The van der Waals surface area contributed by atoms with E-state index >= 15 is 0 Å². The molecule has 1 unspecified atom stereocenters. The van der Waals surface area contributed by atoms with Gasteiger partial charge >= 0.3 is 24.1 Å². The standard InChI is InChI=1S/C36H40F6N8O4/c37-35(38,39)25-17-21(18-26(30(25)43)36(40,41)42)19-29(32(51)48-15-13-47(14-16-48)22-5-9-44-10-6-22)54-34(53)49-11-7-23(8-12-49)50-28-20-45-27-4-2-1-3-24(27)31(28)46-33(50)52/h1-4,17-18,20,22-23,29,44H,5-16,19,43H2,(H,46,52). The molecule has 12 nitrogen and oxygen atoms in total. The molecular formula is C36H40F6N8O4. The molecule has 18 heteroatoms. The van der Waals surface area contributed by atoms with Crippen molar-refractivity contribution in [1.29, 1.82) is 0 Å². The molecule has 0 spiro atoms. The Morgan fingerprint density at radius 2 is 1.50 bits per heavy atom. The molecule has 5 heterocycles. The highest BCUT2D eigenvalue weighted by Gasteiger charge is 2.42. The molecule has 4 aromatic rings. The van der Waals surface area contributed by atoms with E-state index in [0.717, 1.165) is 31.3 Å². The third kappa shape index (κ3) is 7.58. The Bertz CT molecular complexity index is 2040. The van der Waals surface area contributed by atoms with Crippen molar-refractivity contribution in [3.63, 3.8) is 0 Å². The fourth-order valence-electron chi connectivity index (χ4n) is 7.96. The number of halogens is 6. The van der Waals surface area contributed by atoms with Crippen LogP contribution >= 0.6 is 0 Å². The summed E-state index contributed by atoms with van der Waals surface area (Å²) in [5, 5.41) is 4.09. The van der Waals surface area contributed by atoms with Gasteiger partial charge in [-0.2, -0.15) is 26.3 Å². The lowest BCUT2D eigenvalue weighted by Gasteiger charge is -2.41. The number of rotatable bonds is 6. The predicted molar refractivity (Wildman–Crippen MR) is 187 cm³/mol. The van der Waals surface area contributed by atoms with E-state index in [-0.39, 0.29) is 37.9 Å². The monoisotopic (exact) mass is 762 g/mol. The number of hydrogen-bond donors (Lipinski definition) is 3. The van der Waals surface area contributed by atoms with E-state index in [0.29, 0.717) is 60.7 Å². The number of ether oxygens (including phenoxy) is 1. The maximum Gasteiger partial charge on any atom is 0.418 e. The second-order valence-electron chi connectivity index (χ2n) is 14.1. The summed E-state index contributed by atoms with van der Waals surface area (Å²) in [4.78, 5) is 53.1. The number of para-hydroxylation sites is 1. The number of H-pyrrole nitrogens is 1. The number of carbonyl (C=O) groups is 2. The van der Waals surface area contributed by atoms with E-state index in [4.69, 9.17) is 10.5 Å². The number of nitrogen functional groups attached to an aromatic ring is 1. The summed E-state index contributed by atoms with van der Waals surface area (Å²) in [6.45, 7) is 3.48. The number of nitrogens with zero attached hydrogens (tertiary/aromatic N) is 5. The van der Waals surface area contributed by atoms with Crippen molar-refractivity contribution in [3.8, 4) is 0 Å². The van der Waals surface area contributed by atoms with Crippen molar-refractivity contribution in [2.24, 2.45) is 0 Å². The number of carbonyl (C=O) groups excluding carboxylic acids is 2. The van der Waals surface area contributed by atoms with Gasteiger partial charge in [0.25, 0.3) is 5.91 Å². The second kappa shape index (κ2) is 14.8.